The van der Waals surface area contributed by atoms with Gasteiger partial charge in [-0.3, -0.25) is 4.79 Å². The van der Waals surface area contributed by atoms with Crippen LogP contribution >= 0.6 is 0 Å². The molecule has 1 saturated carbocycles. The van der Waals surface area contributed by atoms with E-state index >= 15 is 0 Å². The van der Waals surface area contributed by atoms with Crippen LogP contribution in [-0.4, -0.2) is 17.6 Å². The Balaban J connectivity index is 2.16. The van der Waals surface area contributed by atoms with Crippen molar-refractivity contribution in [1.82, 2.24) is 0 Å². The Kier molecular flexibility index (Phi) is 2.14. The van der Waals surface area contributed by atoms with Crippen LogP contribution in [-0.2, 0) is 4.79 Å². The van der Waals surface area contributed by atoms with Crippen LogP contribution in [0.5, 0.6) is 0 Å². The van der Waals surface area contributed by atoms with Gasteiger partial charge in [0, 0.05) is 5.41 Å². The predicted octanol–water partition coefficient (Wildman–Crippen LogP) is 1.39. The second-order valence-electron chi connectivity index (χ2n) is 4.76. The van der Waals surface area contributed by atoms with Crippen molar-refractivity contribution < 1.29 is 9.90 Å². The number of hydrogen-bond donors (Lipinski definition) is 2. The molecule has 0 bridgehead atoms. The van der Waals surface area contributed by atoms with E-state index in [0.29, 0.717) is 18.4 Å². The number of aliphatic carboxylic acids is 1. The third kappa shape index (κ3) is 1.19. The fourth-order valence-corrected chi connectivity index (χ4v) is 3.41. The molecular weight excluding hydrogens is 178 g/mol. The highest BCUT2D eigenvalue weighted by Crippen LogP contribution is 2.60. The van der Waals surface area contributed by atoms with Gasteiger partial charge in [0.1, 0.15) is 0 Å². The number of rotatable bonds is 3. The molecule has 1 fully saturated rings. The Hall–Kier alpha value is -0.830. The number of carboxylic acids is 1. The van der Waals surface area contributed by atoms with Gasteiger partial charge in [0.2, 0.25) is 0 Å². The first kappa shape index (κ1) is 9.71. The molecule has 2 aliphatic rings. The Morgan fingerprint density at radius 1 is 1.79 bits per heavy atom. The standard InChI is InChI=1S/C11H17NO2/c1-7-2-3-8-4-11(6-12,10(7)8)5-9(13)14/h2,8,10H,3-6,12H2,1H3,(H,13,14)/t8-,10-,11-/m0/s1. The lowest BCUT2D eigenvalue weighted by Crippen LogP contribution is -2.52. The van der Waals surface area contributed by atoms with Crippen LogP contribution in [0, 0.1) is 17.3 Å². The first-order valence-corrected chi connectivity index (χ1v) is 5.17. The van der Waals surface area contributed by atoms with E-state index in [1.165, 1.54) is 5.57 Å². The van der Waals surface area contributed by atoms with Gasteiger partial charge in [0.25, 0.3) is 0 Å². The molecule has 3 heteroatoms. The molecular formula is C11H17NO2. The number of carbonyl (C=O) groups is 1. The summed E-state index contributed by atoms with van der Waals surface area (Å²) in [5.41, 5.74) is 6.97. The molecule has 3 nitrogen and oxygen atoms in total. The summed E-state index contributed by atoms with van der Waals surface area (Å²) in [6.07, 6.45) is 4.59. The summed E-state index contributed by atoms with van der Waals surface area (Å²) in [5, 5.41) is 8.88. The number of hydrogen-bond acceptors (Lipinski definition) is 2. The molecule has 0 amide bonds. The van der Waals surface area contributed by atoms with Crippen LogP contribution in [0.25, 0.3) is 0 Å². The van der Waals surface area contributed by atoms with E-state index in [1.54, 1.807) is 0 Å². The lowest BCUT2D eigenvalue weighted by molar-refractivity contribution is -0.144. The van der Waals surface area contributed by atoms with Crippen molar-refractivity contribution in [2.45, 2.75) is 26.2 Å². The molecule has 78 valence electrons. The maximum absolute atomic E-state index is 10.8. The maximum atomic E-state index is 10.8. The third-order valence-electron chi connectivity index (χ3n) is 3.94. The highest BCUT2D eigenvalue weighted by Gasteiger charge is 2.55. The topological polar surface area (TPSA) is 63.3 Å². The average molecular weight is 195 g/mol. The number of fused-ring (bicyclic) bond motifs is 1. The Morgan fingerprint density at radius 2 is 2.50 bits per heavy atom. The van der Waals surface area contributed by atoms with Gasteiger partial charge in [-0.25, -0.2) is 0 Å². The largest absolute Gasteiger partial charge is 0.481 e. The van der Waals surface area contributed by atoms with Crippen LogP contribution in [0.15, 0.2) is 11.6 Å². The average Bonchev–Trinajstić information content (AvgIpc) is 2.37. The number of nitrogens with two attached hydrogens (primary N) is 1. The Labute approximate surface area is 84.0 Å². The molecule has 0 aromatic heterocycles. The van der Waals surface area contributed by atoms with Gasteiger partial charge in [-0.05, 0) is 38.1 Å². The van der Waals surface area contributed by atoms with Crippen molar-refractivity contribution in [2.75, 3.05) is 6.54 Å². The molecule has 0 spiro atoms. The molecule has 0 aromatic carbocycles. The van der Waals surface area contributed by atoms with Gasteiger partial charge >= 0.3 is 5.97 Å². The number of allylic oxidation sites excluding steroid dienone is 2. The van der Waals surface area contributed by atoms with Crippen LogP contribution < -0.4 is 5.73 Å². The SMILES string of the molecule is CC1=CC[C@H]2C[C@@](CN)(CC(=O)O)[C@@H]12. The van der Waals surface area contributed by atoms with Gasteiger partial charge in [-0.1, -0.05) is 11.6 Å². The molecule has 0 aromatic rings. The van der Waals surface area contributed by atoms with Gasteiger partial charge in [-0.2, -0.15) is 0 Å². The smallest absolute Gasteiger partial charge is 0.303 e. The van der Waals surface area contributed by atoms with E-state index in [9.17, 15) is 4.79 Å². The van der Waals surface area contributed by atoms with E-state index < -0.39 is 5.97 Å². The van der Waals surface area contributed by atoms with E-state index in [1.807, 2.05) is 0 Å². The third-order valence-corrected chi connectivity index (χ3v) is 3.94. The normalized spacial score (nSPS) is 40.0. The summed E-state index contributed by atoms with van der Waals surface area (Å²) < 4.78 is 0. The quantitative estimate of drug-likeness (QED) is 0.669. The van der Waals surface area contributed by atoms with Crippen LogP contribution in [0.3, 0.4) is 0 Å². The van der Waals surface area contributed by atoms with Gasteiger partial charge in [-0.15, -0.1) is 0 Å². The molecule has 0 aliphatic heterocycles. The van der Waals surface area contributed by atoms with Crippen molar-refractivity contribution in [3.05, 3.63) is 11.6 Å². The summed E-state index contributed by atoms with van der Waals surface area (Å²) >= 11 is 0. The van der Waals surface area contributed by atoms with E-state index in [2.05, 4.69) is 13.0 Å². The summed E-state index contributed by atoms with van der Waals surface area (Å²) in [5.74, 6) is 0.412. The molecule has 0 heterocycles. The molecule has 3 atom stereocenters. The van der Waals surface area contributed by atoms with Crippen LogP contribution in [0.1, 0.15) is 26.2 Å². The molecule has 2 rings (SSSR count). The molecule has 0 unspecified atom stereocenters. The summed E-state index contributed by atoms with van der Waals surface area (Å²) in [6, 6.07) is 0. The van der Waals surface area contributed by atoms with Gasteiger partial charge in [0.15, 0.2) is 0 Å². The second kappa shape index (κ2) is 3.09. The van der Waals surface area contributed by atoms with E-state index in [4.69, 9.17) is 10.8 Å². The lowest BCUT2D eigenvalue weighted by atomic mass is 9.52. The van der Waals surface area contributed by atoms with Crippen molar-refractivity contribution in [3.63, 3.8) is 0 Å². The Morgan fingerprint density at radius 3 is 3.00 bits per heavy atom. The van der Waals surface area contributed by atoms with Gasteiger partial charge in [0.05, 0.1) is 6.42 Å². The fraction of sp³-hybridized carbons (Fsp3) is 0.727. The molecule has 3 N–H and O–H groups in total. The monoisotopic (exact) mass is 195 g/mol. The zero-order valence-electron chi connectivity index (χ0n) is 8.49. The Bertz CT molecular complexity index is 298. The first-order chi connectivity index (χ1) is 6.59. The highest BCUT2D eigenvalue weighted by atomic mass is 16.4. The minimum Gasteiger partial charge on any atom is -0.481 e. The molecule has 14 heavy (non-hydrogen) atoms. The van der Waals surface area contributed by atoms with E-state index in [-0.39, 0.29) is 11.8 Å². The van der Waals surface area contributed by atoms with Gasteiger partial charge < -0.3 is 10.8 Å². The first-order valence-electron chi connectivity index (χ1n) is 5.17. The van der Waals surface area contributed by atoms with E-state index in [0.717, 1.165) is 12.8 Å². The summed E-state index contributed by atoms with van der Waals surface area (Å²) in [4.78, 5) is 10.8. The molecule has 0 radical (unpaired) electrons. The van der Waals surface area contributed by atoms with Crippen molar-refractivity contribution in [3.8, 4) is 0 Å². The lowest BCUT2D eigenvalue weighted by Gasteiger charge is -2.52. The second-order valence-corrected chi connectivity index (χ2v) is 4.76. The fourth-order valence-electron chi connectivity index (χ4n) is 3.41. The molecule has 0 saturated heterocycles. The minimum absolute atomic E-state index is 0.131. The maximum Gasteiger partial charge on any atom is 0.303 e. The summed E-state index contributed by atoms with van der Waals surface area (Å²) in [7, 11) is 0. The van der Waals surface area contributed by atoms with Crippen LogP contribution in [0.4, 0.5) is 0 Å². The minimum atomic E-state index is -0.714. The zero-order chi connectivity index (χ0) is 10.3. The summed E-state index contributed by atoms with van der Waals surface area (Å²) in [6.45, 7) is 2.61. The van der Waals surface area contributed by atoms with Crippen molar-refractivity contribution >= 4 is 5.97 Å². The highest BCUT2D eigenvalue weighted by molar-refractivity contribution is 5.68. The zero-order valence-corrected chi connectivity index (χ0v) is 8.49. The predicted molar refractivity (Wildman–Crippen MR) is 53.7 cm³/mol. The van der Waals surface area contributed by atoms with Crippen LogP contribution in [0.2, 0.25) is 0 Å². The molecule has 2 aliphatic carbocycles. The number of carboxylic acid groups (broad SMARTS) is 1. The van der Waals surface area contributed by atoms with Crippen molar-refractivity contribution in [1.29, 1.82) is 0 Å². The van der Waals surface area contributed by atoms with Crippen molar-refractivity contribution in [2.24, 2.45) is 23.0 Å².